The third-order valence-corrected chi connectivity index (χ3v) is 3.68. The first-order valence-corrected chi connectivity index (χ1v) is 6.54. The summed E-state index contributed by atoms with van der Waals surface area (Å²) >= 11 is 0. The lowest BCUT2D eigenvalue weighted by Gasteiger charge is -2.39. The average Bonchev–Trinajstić information content (AvgIpc) is 2.28. The minimum Gasteiger partial charge on any atom is -0.381 e. The minimum absolute atomic E-state index is 0.310. The molecule has 1 aliphatic rings. The van der Waals surface area contributed by atoms with E-state index >= 15 is 0 Å². The Labute approximate surface area is 100 Å². The van der Waals surface area contributed by atoms with Crippen LogP contribution in [0.2, 0.25) is 0 Å². The van der Waals surface area contributed by atoms with Gasteiger partial charge in [0.1, 0.15) is 0 Å². The van der Waals surface area contributed by atoms with Crippen molar-refractivity contribution < 1.29 is 4.74 Å². The van der Waals surface area contributed by atoms with Crippen LogP contribution in [0.25, 0.3) is 0 Å². The Morgan fingerprint density at radius 3 is 2.44 bits per heavy atom. The van der Waals surface area contributed by atoms with Crippen molar-refractivity contribution in [3.05, 3.63) is 0 Å². The van der Waals surface area contributed by atoms with Gasteiger partial charge in [0.2, 0.25) is 0 Å². The van der Waals surface area contributed by atoms with Crippen LogP contribution in [0.15, 0.2) is 0 Å². The number of rotatable bonds is 6. The van der Waals surface area contributed by atoms with Crippen LogP contribution in [-0.4, -0.2) is 44.8 Å². The van der Waals surface area contributed by atoms with Crippen LogP contribution < -0.4 is 5.73 Å². The molecule has 0 radical (unpaired) electrons. The maximum absolute atomic E-state index is 5.96. The van der Waals surface area contributed by atoms with E-state index in [9.17, 15) is 0 Å². The van der Waals surface area contributed by atoms with Crippen molar-refractivity contribution in [2.45, 2.75) is 33.1 Å². The zero-order valence-electron chi connectivity index (χ0n) is 11.2. The zero-order valence-corrected chi connectivity index (χ0v) is 11.2. The molecule has 0 atom stereocenters. The summed E-state index contributed by atoms with van der Waals surface area (Å²) in [5.74, 6) is 0.783. The largest absolute Gasteiger partial charge is 0.381 e. The summed E-state index contributed by atoms with van der Waals surface area (Å²) in [6.45, 7) is 9.43. The fraction of sp³-hybridized carbons (Fsp3) is 1.00. The Hall–Kier alpha value is -0.120. The first kappa shape index (κ1) is 13.9. The van der Waals surface area contributed by atoms with Crippen molar-refractivity contribution in [1.82, 2.24) is 4.90 Å². The van der Waals surface area contributed by atoms with Gasteiger partial charge in [0.05, 0.1) is 0 Å². The van der Waals surface area contributed by atoms with Gasteiger partial charge >= 0.3 is 0 Å². The number of nitrogens with zero attached hydrogens (tertiary/aromatic N) is 1. The highest BCUT2D eigenvalue weighted by Gasteiger charge is 2.32. The Bertz CT molecular complexity index is 188. The number of nitrogens with two attached hydrogens (primary N) is 1. The topological polar surface area (TPSA) is 38.5 Å². The molecular weight excluding hydrogens is 200 g/mol. The molecule has 1 aliphatic heterocycles. The van der Waals surface area contributed by atoms with Crippen molar-refractivity contribution in [2.24, 2.45) is 17.1 Å². The van der Waals surface area contributed by atoms with E-state index in [1.807, 2.05) is 0 Å². The van der Waals surface area contributed by atoms with Gasteiger partial charge in [-0.1, -0.05) is 13.8 Å². The molecule has 1 rings (SSSR count). The molecule has 96 valence electrons. The number of hydrogen-bond donors (Lipinski definition) is 1. The molecule has 0 aliphatic carbocycles. The molecule has 16 heavy (non-hydrogen) atoms. The quantitative estimate of drug-likeness (QED) is 0.752. The molecule has 1 fully saturated rings. The van der Waals surface area contributed by atoms with Gasteiger partial charge in [0.25, 0.3) is 0 Å². The van der Waals surface area contributed by atoms with Crippen LogP contribution in [0.4, 0.5) is 0 Å². The molecule has 1 heterocycles. The van der Waals surface area contributed by atoms with Gasteiger partial charge in [-0.25, -0.2) is 0 Å². The number of ether oxygens (including phenoxy) is 1. The highest BCUT2D eigenvalue weighted by Crippen LogP contribution is 2.30. The Kier molecular flexibility index (Phi) is 5.73. The van der Waals surface area contributed by atoms with Crippen molar-refractivity contribution in [3.63, 3.8) is 0 Å². The summed E-state index contributed by atoms with van der Waals surface area (Å²) in [4.78, 5) is 2.44. The van der Waals surface area contributed by atoms with Crippen LogP contribution in [0, 0.1) is 11.3 Å². The van der Waals surface area contributed by atoms with Crippen molar-refractivity contribution in [1.29, 1.82) is 0 Å². The first-order valence-electron chi connectivity index (χ1n) is 6.54. The third kappa shape index (κ3) is 4.40. The molecule has 3 heteroatoms. The summed E-state index contributed by atoms with van der Waals surface area (Å²) in [6, 6.07) is 0. The van der Waals surface area contributed by atoms with Gasteiger partial charge in [0, 0.05) is 19.8 Å². The fourth-order valence-electron chi connectivity index (χ4n) is 2.36. The molecule has 0 saturated carbocycles. The van der Waals surface area contributed by atoms with E-state index < -0.39 is 0 Å². The van der Waals surface area contributed by atoms with Crippen LogP contribution >= 0.6 is 0 Å². The average molecular weight is 228 g/mol. The molecule has 0 aromatic carbocycles. The molecule has 0 spiro atoms. The summed E-state index contributed by atoms with van der Waals surface area (Å²) in [7, 11) is 2.22. The summed E-state index contributed by atoms with van der Waals surface area (Å²) in [5.41, 5.74) is 6.27. The maximum atomic E-state index is 5.96. The molecule has 0 amide bonds. The normalized spacial score (nSPS) is 20.6. The van der Waals surface area contributed by atoms with Gasteiger partial charge in [-0.2, -0.15) is 0 Å². The predicted molar refractivity (Wildman–Crippen MR) is 68.5 cm³/mol. The molecule has 0 unspecified atom stereocenters. The van der Waals surface area contributed by atoms with E-state index in [-0.39, 0.29) is 0 Å². The Morgan fingerprint density at radius 2 is 1.94 bits per heavy atom. The summed E-state index contributed by atoms with van der Waals surface area (Å²) in [6.07, 6.45) is 3.51. The smallest absolute Gasteiger partial charge is 0.0472 e. The molecule has 0 aromatic heterocycles. The van der Waals surface area contributed by atoms with Crippen LogP contribution in [0.3, 0.4) is 0 Å². The predicted octanol–water partition coefficient (Wildman–Crippen LogP) is 1.72. The van der Waals surface area contributed by atoms with Crippen LogP contribution in [-0.2, 0) is 4.74 Å². The summed E-state index contributed by atoms with van der Waals surface area (Å²) < 4.78 is 5.43. The third-order valence-electron chi connectivity index (χ3n) is 3.68. The fourth-order valence-corrected chi connectivity index (χ4v) is 2.36. The maximum Gasteiger partial charge on any atom is 0.0472 e. The monoisotopic (exact) mass is 228 g/mol. The van der Waals surface area contributed by atoms with Gasteiger partial charge in [-0.3, -0.25) is 0 Å². The molecule has 2 N–H and O–H groups in total. The SMILES string of the molecule is CC(C)CCN(C)CC1(CN)CCOCC1. The van der Waals surface area contributed by atoms with Gasteiger partial charge in [0.15, 0.2) is 0 Å². The minimum atomic E-state index is 0.310. The zero-order chi connectivity index (χ0) is 12.0. The standard InChI is InChI=1S/C13H28N2O/c1-12(2)4-7-15(3)11-13(10-14)5-8-16-9-6-13/h12H,4-11,14H2,1-3H3. The molecule has 0 aromatic rings. The summed E-state index contributed by atoms with van der Waals surface area (Å²) in [5, 5.41) is 0. The van der Waals surface area contributed by atoms with E-state index in [4.69, 9.17) is 10.5 Å². The first-order chi connectivity index (χ1) is 7.58. The second-order valence-electron chi connectivity index (χ2n) is 5.74. The van der Waals surface area contributed by atoms with E-state index in [1.54, 1.807) is 0 Å². The second kappa shape index (κ2) is 6.58. The molecule has 0 bridgehead atoms. The lowest BCUT2D eigenvalue weighted by Crippen LogP contribution is -2.45. The highest BCUT2D eigenvalue weighted by atomic mass is 16.5. The van der Waals surface area contributed by atoms with Crippen molar-refractivity contribution in [2.75, 3.05) is 39.9 Å². The van der Waals surface area contributed by atoms with Crippen molar-refractivity contribution in [3.8, 4) is 0 Å². The Morgan fingerprint density at radius 1 is 1.31 bits per heavy atom. The van der Waals surface area contributed by atoms with E-state index in [1.165, 1.54) is 13.0 Å². The lowest BCUT2D eigenvalue weighted by molar-refractivity contribution is 0.00326. The highest BCUT2D eigenvalue weighted by molar-refractivity contribution is 4.85. The van der Waals surface area contributed by atoms with Gasteiger partial charge < -0.3 is 15.4 Å². The molecule has 1 saturated heterocycles. The van der Waals surface area contributed by atoms with Crippen molar-refractivity contribution >= 4 is 0 Å². The number of hydrogen-bond acceptors (Lipinski definition) is 3. The van der Waals surface area contributed by atoms with Gasteiger partial charge in [-0.15, -0.1) is 0 Å². The van der Waals surface area contributed by atoms with E-state index in [0.717, 1.165) is 45.1 Å². The van der Waals surface area contributed by atoms with Crippen LogP contribution in [0.5, 0.6) is 0 Å². The Balaban J connectivity index is 2.36. The van der Waals surface area contributed by atoms with E-state index in [0.29, 0.717) is 5.41 Å². The molecule has 3 nitrogen and oxygen atoms in total. The van der Waals surface area contributed by atoms with E-state index in [2.05, 4.69) is 25.8 Å². The lowest BCUT2D eigenvalue weighted by atomic mass is 9.80. The second-order valence-corrected chi connectivity index (χ2v) is 5.74. The van der Waals surface area contributed by atoms with Gasteiger partial charge in [-0.05, 0) is 50.7 Å². The molecular formula is C13H28N2O. The van der Waals surface area contributed by atoms with Crippen LogP contribution in [0.1, 0.15) is 33.1 Å².